The number of hydrogen-bond acceptors (Lipinski definition) is 5. The molecule has 1 heterocycles. The van der Waals surface area contributed by atoms with Crippen LogP contribution in [0.15, 0.2) is 66.0 Å². The summed E-state index contributed by atoms with van der Waals surface area (Å²) in [4.78, 5) is 31.1. The third kappa shape index (κ3) is 8.02. The number of nitrogens with one attached hydrogen (secondary N) is 1. The third-order valence-electron chi connectivity index (χ3n) is 5.62. The molecule has 0 spiro atoms. The van der Waals surface area contributed by atoms with E-state index in [1.165, 1.54) is 0 Å². The van der Waals surface area contributed by atoms with Crippen LogP contribution in [0.1, 0.15) is 24.3 Å². The number of anilines is 1. The van der Waals surface area contributed by atoms with Gasteiger partial charge in [0.2, 0.25) is 5.91 Å². The van der Waals surface area contributed by atoms with Gasteiger partial charge < -0.3 is 24.6 Å². The quantitative estimate of drug-likeness (QED) is 0.349. The van der Waals surface area contributed by atoms with E-state index < -0.39 is 0 Å². The first-order valence-corrected chi connectivity index (χ1v) is 12.9. The van der Waals surface area contributed by atoms with Crippen molar-refractivity contribution in [3.05, 3.63) is 76.5 Å². The largest absolute Gasteiger partial charge is 0.493 e. The van der Waals surface area contributed by atoms with Crippen LogP contribution in [0.5, 0.6) is 11.5 Å². The molecular weight excluding hydrogens is 474 g/mol. The molecular formula is C28H35N3O4S. The smallest absolute Gasteiger partial charge is 0.322 e. The summed E-state index contributed by atoms with van der Waals surface area (Å²) in [6.07, 6.45) is 0.651. The Morgan fingerprint density at radius 2 is 1.69 bits per heavy atom. The Labute approximate surface area is 217 Å². The summed E-state index contributed by atoms with van der Waals surface area (Å²) >= 11 is 1.62. The van der Waals surface area contributed by atoms with E-state index in [9.17, 15) is 9.59 Å². The molecule has 0 atom stereocenters. The van der Waals surface area contributed by atoms with Gasteiger partial charge in [-0.25, -0.2) is 4.79 Å². The molecule has 1 N–H and O–H groups in total. The standard InChI is InChI=1S/C28H35N3O4S/c1-21(2)18-31(28(33)29-23-9-6-5-7-10-23)20-27(32)30(19-24-11-8-16-36-24)15-14-22-12-13-25(34-3)26(17-22)35-4/h5-13,16-17,21H,14-15,18-20H2,1-4H3,(H,29,33). The molecule has 192 valence electrons. The maximum Gasteiger partial charge on any atom is 0.322 e. The van der Waals surface area contributed by atoms with Gasteiger partial charge in [0.1, 0.15) is 6.54 Å². The molecule has 3 rings (SSSR count). The van der Waals surface area contributed by atoms with Crippen molar-refractivity contribution in [3.63, 3.8) is 0 Å². The highest BCUT2D eigenvalue weighted by Crippen LogP contribution is 2.28. The lowest BCUT2D eigenvalue weighted by molar-refractivity contribution is -0.132. The number of carbonyl (C=O) groups is 2. The van der Waals surface area contributed by atoms with Gasteiger partial charge in [-0.15, -0.1) is 11.3 Å². The predicted molar refractivity (Wildman–Crippen MR) is 145 cm³/mol. The van der Waals surface area contributed by atoms with Gasteiger partial charge in [0, 0.05) is 23.7 Å². The van der Waals surface area contributed by atoms with Gasteiger partial charge in [0.25, 0.3) is 0 Å². The molecule has 36 heavy (non-hydrogen) atoms. The Bertz CT molecular complexity index is 1100. The summed E-state index contributed by atoms with van der Waals surface area (Å²) in [5.41, 5.74) is 1.74. The Morgan fingerprint density at radius 1 is 0.944 bits per heavy atom. The van der Waals surface area contributed by atoms with E-state index in [0.29, 0.717) is 43.2 Å². The molecule has 0 bridgehead atoms. The molecule has 0 fully saturated rings. The fourth-order valence-electron chi connectivity index (χ4n) is 3.83. The van der Waals surface area contributed by atoms with E-state index in [1.54, 1.807) is 30.5 Å². The van der Waals surface area contributed by atoms with Gasteiger partial charge in [-0.3, -0.25) is 4.79 Å². The predicted octanol–water partition coefficient (Wildman–Crippen LogP) is 5.53. The third-order valence-corrected chi connectivity index (χ3v) is 6.48. The molecule has 0 radical (unpaired) electrons. The molecule has 0 aliphatic carbocycles. The second kappa shape index (κ2) is 13.5. The minimum absolute atomic E-state index is 0.00809. The van der Waals surface area contributed by atoms with Crippen molar-refractivity contribution in [2.24, 2.45) is 5.92 Å². The first kappa shape index (κ1) is 27.1. The summed E-state index contributed by atoms with van der Waals surface area (Å²) in [5.74, 6) is 1.46. The number of carbonyl (C=O) groups excluding carboxylic acids is 2. The monoisotopic (exact) mass is 509 g/mol. The normalized spacial score (nSPS) is 10.7. The van der Waals surface area contributed by atoms with Crippen molar-refractivity contribution in [3.8, 4) is 11.5 Å². The maximum absolute atomic E-state index is 13.5. The molecule has 3 amide bonds. The van der Waals surface area contributed by atoms with Gasteiger partial charge in [-0.05, 0) is 53.6 Å². The van der Waals surface area contributed by atoms with E-state index >= 15 is 0 Å². The van der Waals surface area contributed by atoms with Crippen molar-refractivity contribution in [2.45, 2.75) is 26.8 Å². The highest BCUT2D eigenvalue weighted by Gasteiger charge is 2.23. The molecule has 0 saturated heterocycles. The molecule has 0 aliphatic heterocycles. The van der Waals surface area contributed by atoms with Crippen LogP contribution >= 0.6 is 11.3 Å². The molecule has 0 saturated carbocycles. The molecule has 7 nitrogen and oxygen atoms in total. The Balaban J connectivity index is 1.73. The number of ether oxygens (including phenoxy) is 2. The molecule has 1 aromatic heterocycles. The summed E-state index contributed by atoms with van der Waals surface area (Å²) < 4.78 is 10.8. The van der Waals surface area contributed by atoms with Crippen molar-refractivity contribution in [2.75, 3.05) is 39.2 Å². The number of rotatable bonds is 12. The fourth-order valence-corrected chi connectivity index (χ4v) is 4.55. The summed E-state index contributed by atoms with van der Waals surface area (Å²) in [7, 11) is 3.22. The van der Waals surface area contributed by atoms with Crippen LogP contribution < -0.4 is 14.8 Å². The number of benzene rings is 2. The van der Waals surface area contributed by atoms with Gasteiger partial charge in [0.15, 0.2) is 11.5 Å². The van der Waals surface area contributed by atoms with E-state index in [0.717, 1.165) is 10.4 Å². The number of methoxy groups -OCH3 is 2. The molecule has 2 aromatic carbocycles. The van der Waals surface area contributed by atoms with Crippen LogP contribution in [-0.2, 0) is 17.8 Å². The van der Waals surface area contributed by atoms with Gasteiger partial charge >= 0.3 is 6.03 Å². The van der Waals surface area contributed by atoms with Crippen LogP contribution in [-0.4, -0.2) is 55.6 Å². The summed E-state index contributed by atoms with van der Waals surface area (Å²) in [6, 6.07) is 18.8. The minimum atomic E-state index is -0.279. The number of urea groups is 1. The lowest BCUT2D eigenvalue weighted by Crippen LogP contribution is -2.46. The first-order valence-electron chi connectivity index (χ1n) is 12.0. The average Bonchev–Trinajstić information content (AvgIpc) is 3.39. The SMILES string of the molecule is COc1ccc(CCN(Cc2cccs2)C(=O)CN(CC(C)C)C(=O)Nc2ccccc2)cc1OC. The van der Waals surface area contributed by atoms with E-state index in [1.807, 2.05) is 84.8 Å². The fraction of sp³-hybridized carbons (Fsp3) is 0.357. The number of amides is 3. The number of para-hydroxylation sites is 1. The van der Waals surface area contributed by atoms with Crippen molar-refractivity contribution in [1.82, 2.24) is 9.80 Å². The Kier molecular flexibility index (Phi) is 10.2. The summed E-state index contributed by atoms with van der Waals surface area (Å²) in [5, 5.41) is 4.92. The zero-order valence-corrected chi connectivity index (χ0v) is 22.2. The number of thiophene rings is 1. The van der Waals surface area contributed by atoms with Gasteiger partial charge in [-0.1, -0.05) is 44.2 Å². The van der Waals surface area contributed by atoms with E-state index in [4.69, 9.17) is 9.47 Å². The number of hydrogen-bond donors (Lipinski definition) is 1. The molecule has 0 aliphatic rings. The highest BCUT2D eigenvalue weighted by atomic mass is 32.1. The molecule has 8 heteroatoms. The van der Waals surface area contributed by atoms with Crippen LogP contribution in [0, 0.1) is 5.92 Å². The number of nitrogens with zero attached hydrogens (tertiary/aromatic N) is 2. The van der Waals surface area contributed by atoms with Crippen LogP contribution in [0.4, 0.5) is 10.5 Å². The lowest BCUT2D eigenvalue weighted by atomic mass is 10.1. The second-order valence-electron chi connectivity index (χ2n) is 8.90. The topological polar surface area (TPSA) is 71.1 Å². The zero-order valence-electron chi connectivity index (χ0n) is 21.4. The van der Waals surface area contributed by atoms with Gasteiger partial charge in [0.05, 0.1) is 20.8 Å². The van der Waals surface area contributed by atoms with Crippen LogP contribution in [0.25, 0.3) is 0 Å². The van der Waals surface area contributed by atoms with Crippen LogP contribution in [0.3, 0.4) is 0 Å². The maximum atomic E-state index is 13.5. The molecule has 3 aromatic rings. The minimum Gasteiger partial charge on any atom is -0.493 e. The highest BCUT2D eigenvalue weighted by molar-refractivity contribution is 7.09. The van der Waals surface area contributed by atoms with Crippen molar-refractivity contribution < 1.29 is 19.1 Å². The average molecular weight is 510 g/mol. The van der Waals surface area contributed by atoms with Crippen molar-refractivity contribution >= 4 is 29.0 Å². The first-order chi connectivity index (χ1) is 17.4. The summed E-state index contributed by atoms with van der Waals surface area (Å²) in [6.45, 7) is 5.57. The van der Waals surface area contributed by atoms with Crippen molar-refractivity contribution in [1.29, 1.82) is 0 Å². The van der Waals surface area contributed by atoms with Gasteiger partial charge in [-0.2, -0.15) is 0 Å². The lowest BCUT2D eigenvalue weighted by Gasteiger charge is -2.29. The molecule has 0 unspecified atom stereocenters. The Morgan fingerprint density at radius 3 is 2.33 bits per heavy atom. The van der Waals surface area contributed by atoms with E-state index in [-0.39, 0.29) is 24.4 Å². The second-order valence-corrected chi connectivity index (χ2v) is 9.94. The van der Waals surface area contributed by atoms with E-state index in [2.05, 4.69) is 5.32 Å². The van der Waals surface area contributed by atoms with Crippen LogP contribution in [0.2, 0.25) is 0 Å². The Hall–Kier alpha value is -3.52. The zero-order chi connectivity index (χ0) is 25.9.